The molecule has 1 aliphatic rings. The summed E-state index contributed by atoms with van der Waals surface area (Å²) in [6.07, 6.45) is 1.67. The molecule has 0 aromatic heterocycles. The number of benzene rings is 1. The molecule has 4 nitrogen and oxygen atoms in total. The number of ether oxygens (including phenoxy) is 1. The number of methoxy groups -OCH3 is 1. The Kier molecular flexibility index (Phi) is 4.50. The van der Waals surface area contributed by atoms with Crippen LogP contribution in [0.5, 0.6) is 0 Å². The van der Waals surface area contributed by atoms with Crippen LogP contribution in [-0.2, 0) is 9.53 Å². The molecule has 2 rings (SSSR count). The van der Waals surface area contributed by atoms with Crippen LogP contribution in [0.25, 0.3) is 0 Å². The summed E-state index contributed by atoms with van der Waals surface area (Å²) in [6.45, 7) is 3.03. The highest BCUT2D eigenvalue weighted by Gasteiger charge is 2.22. The summed E-state index contributed by atoms with van der Waals surface area (Å²) < 4.78 is 5.01. The molecule has 0 amide bonds. The molecule has 1 aliphatic heterocycles. The Morgan fingerprint density at radius 2 is 2.32 bits per heavy atom. The van der Waals surface area contributed by atoms with Crippen LogP contribution in [0.4, 0.5) is 11.4 Å². The van der Waals surface area contributed by atoms with Gasteiger partial charge in [0.1, 0.15) is 0 Å². The van der Waals surface area contributed by atoms with Gasteiger partial charge in [-0.15, -0.1) is 0 Å². The topological polar surface area (TPSA) is 41.6 Å². The van der Waals surface area contributed by atoms with E-state index in [1.807, 2.05) is 18.0 Å². The SMILES string of the molecule is COCCNc1ccc2c(c1)N(C)/C(=C/C(C)=O)S2. The van der Waals surface area contributed by atoms with Crippen LogP contribution in [0, 0.1) is 0 Å². The second-order valence-electron chi connectivity index (χ2n) is 4.36. The standard InChI is InChI=1S/C14H18N2O2S/c1-10(17)8-14-16(2)12-9-11(15-6-7-18-3)4-5-13(12)19-14/h4-5,8-9,15H,6-7H2,1-3H3/b14-8-. The Bertz CT molecular complexity index is 514. The minimum absolute atomic E-state index is 0.0700. The maximum atomic E-state index is 11.2. The number of rotatable bonds is 5. The van der Waals surface area contributed by atoms with Gasteiger partial charge in [0.05, 0.1) is 17.3 Å². The number of carbonyl (C=O) groups excluding carboxylic acids is 1. The lowest BCUT2D eigenvalue weighted by Crippen LogP contribution is -2.11. The Morgan fingerprint density at radius 3 is 3.00 bits per heavy atom. The third-order valence-electron chi connectivity index (χ3n) is 2.83. The van der Waals surface area contributed by atoms with Crippen molar-refractivity contribution in [1.82, 2.24) is 0 Å². The van der Waals surface area contributed by atoms with Gasteiger partial charge in [-0.05, 0) is 25.1 Å². The fourth-order valence-electron chi connectivity index (χ4n) is 1.87. The van der Waals surface area contributed by atoms with E-state index in [9.17, 15) is 4.79 Å². The first-order valence-electron chi connectivity index (χ1n) is 6.12. The predicted octanol–water partition coefficient (Wildman–Crippen LogP) is 2.72. The first-order chi connectivity index (χ1) is 9.11. The molecule has 0 atom stereocenters. The zero-order valence-electron chi connectivity index (χ0n) is 11.4. The van der Waals surface area contributed by atoms with Crippen molar-refractivity contribution >= 4 is 28.9 Å². The molecule has 19 heavy (non-hydrogen) atoms. The van der Waals surface area contributed by atoms with Crippen molar-refractivity contribution in [2.75, 3.05) is 37.5 Å². The van der Waals surface area contributed by atoms with Crippen LogP contribution in [-0.4, -0.2) is 33.1 Å². The third-order valence-corrected chi connectivity index (χ3v) is 3.99. The van der Waals surface area contributed by atoms with Gasteiger partial charge in [-0.2, -0.15) is 0 Å². The molecule has 102 valence electrons. The largest absolute Gasteiger partial charge is 0.383 e. The van der Waals surface area contributed by atoms with Gasteiger partial charge >= 0.3 is 0 Å². The molecule has 0 bridgehead atoms. The van der Waals surface area contributed by atoms with E-state index < -0.39 is 0 Å². The summed E-state index contributed by atoms with van der Waals surface area (Å²) in [6, 6.07) is 6.22. The maximum absolute atomic E-state index is 11.2. The van der Waals surface area contributed by atoms with E-state index in [0.29, 0.717) is 6.61 Å². The second kappa shape index (κ2) is 6.12. The maximum Gasteiger partial charge on any atom is 0.155 e. The molecule has 1 aromatic carbocycles. The summed E-state index contributed by atoms with van der Waals surface area (Å²) in [4.78, 5) is 14.4. The molecule has 0 spiro atoms. The van der Waals surface area contributed by atoms with Gasteiger partial charge in [0.15, 0.2) is 5.78 Å². The number of fused-ring (bicyclic) bond motifs is 1. The van der Waals surface area contributed by atoms with Crippen molar-refractivity contribution in [2.45, 2.75) is 11.8 Å². The van der Waals surface area contributed by atoms with Crippen molar-refractivity contribution < 1.29 is 9.53 Å². The molecule has 0 unspecified atom stereocenters. The van der Waals surface area contributed by atoms with Crippen LogP contribution in [0.2, 0.25) is 0 Å². The van der Waals surface area contributed by atoms with Gasteiger partial charge in [0.25, 0.3) is 0 Å². The van der Waals surface area contributed by atoms with E-state index in [1.165, 1.54) is 4.90 Å². The average molecular weight is 278 g/mol. The van der Waals surface area contributed by atoms with Gasteiger partial charge in [-0.1, -0.05) is 11.8 Å². The fraction of sp³-hybridized carbons (Fsp3) is 0.357. The molecule has 0 saturated carbocycles. The van der Waals surface area contributed by atoms with E-state index >= 15 is 0 Å². The van der Waals surface area contributed by atoms with Crippen LogP contribution in [0.1, 0.15) is 6.92 Å². The molecule has 1 N–H and O–H groups in total. The lowest BCUT2D eigenvalue weighted by Gasteiger charge is -2.14. The minimum atomic E-state index is 0.0700. The summed E-state index contributed by atoms with van der Waals surface area (Å²) in [5.41, 5.74) is 2.19. The number of anilines is 2. The van der Waals surface area contributed by atoms with Crippen LogP contribution >= 0.6 is 11.8 Å². The molecule has 0 saturated heterocycles. The first kappa shape index (κ1) is 14.0. The monoisotopic (exact) mass is 278 g/mol. The number of nitrogens with one attached hydrogen (secondary N) is 1. The predicted molar refractivity (Wildman–Crippen MR) is 79.8 cm³/mol. The number of nitrogens with zero attached hydrogens (tertiary/aromatic N) is 1. The van der Waals surface area contributed by atoms with Crippen LogP contribution < -0.4 is 10.2 Å². The Hall–Kier alpha value is -1.46. The van der Waals surface area contributed by atoms with Crippen molar-refractivity contribution in [1.29, 1.82) is 0 Å². The fourth-order valence-corrected chi connectivity index (χ4v) is 3.00. The summed E-state index contributed by atoms with van der Waals surface area (Å²) >= 11 is 1.62. The van der Waals surface area contributed by atoms with E-state index in [4.69, 9.17) is 4.74 Å². The minimum Gasteiger partial charge on any atom is -0.383 e. The highest BCUT2D eigenvalue weighted by Crippen LogP contribution is 2.45. The molecular weight excluding hydrogens is 260 g/mol. The number of thioether (sulfide) groups is 1. The Labute approximate surface area is 117 Å². The quantitative estimate of drug-likeness (QED) is 0.662. The van der Waals surface area contributed by atoms with Crippen LogP contribution in [0.15, 0.2) is 34.2 Å². The molecule has 0 radical (unpaired) electrons. The molecule has 0 fully saturated rings. The Morgan fingerprint density at radius 1 is 1.53 bits per heavy atom. The number of ketones is 1. The van der Waals surface area contributed by atoms with Gasteiger partial charge in [-0.3, -0.25) is 4.79 Å². The smallest absolute Gasteiger partial charge is 0.155 e. The Balaban J connectivity index is 2.15. The zero-order valence-corrected chi connectivity index (χ0v) is 12.2. The van der Waals surface area contributed by atoms with E-state index in [2.05, 4.69) is 17.4 Å². The molecule has 0 aliphatic carbocycles. The first-order valence-corrected chi connectivity index (χ1v) is 6.94. The van der Waals surface area contributed by atoms with E-state index in [1.54, 1.807) is 31.9 Å². The van der Waals surface area contributed by atoms with E-state index in [-0.39, 0.29) is 5.78 Å². The van der Waals surface area contributed by atoms with Crippen LogP contribution in [0.3, 0.4) is 0 Å². The normalized spacial score (nSPS) is 15.7. The van der Waals surface area contributed by atoms with E-state index in [0.717, 1.165) is 22.9 Å². The number of hydrogen-bond acceptors (Lipinski definition) is 5. The highest BCUT2D eigenvalue weighted by molar-refractivity contribution is 8.03. The lowest BCUT2D eigenvalue weighted by molar-refractivity contribution is -0.112. The summed E-state index contributed by atoms with van der Waals surface area (Å²) in [7, 11) is 3.67. The molecule has 5 heteroatoms. The average Bonchev–Trinajstić information content (AvgIpc) is 2.66. The number of carbonyl (C=O) groups is 1. The highest BCUT2D eigenvalue weighted by atomic mass is 32.2. The number of hydrogen-bond donors (Lipinski definition) is 1. The van der Waals surface area contributed by atoms with Crippen molar-refractivity contribution in [2.24, 2.45) is 0 Å². The third kappa shape index (κ3) is 3.30. The summed E-state index contributed by atoms with van der Waals surface area (Å²) in [5.74, 6) is 0.0700. The van der Waals surface area contributed by atoms with Gasteiger partial charge in [0, 0.05) is 37.4 Å². The zero-order chi connectivity index (χ0) is 13.8. The van der Waals surface area contributed by atoms with Gasteiger partial charge < -0.3 is 15.0 Å². The molecule has 1 heterocycles. The second-order valence-corrected chi connectivity index (χ2v) is 5.42. The van der Waals surface area contributed by atoms with Crippen molar-refractivity contribution in [3.8, 4) is 0 Å². The summed E-state index contributed by atoms with van der Waals surface area (Å²) in [5, 5.41) is 4.27. The lowest BCUT2D eigenvalue weighted by atomic mass is 10.2. The van der Waals surface area contributed by atoms with Gasteiger partial charge in [-0.25, -0.2) is 0 Å². The number of allylic oxidation sites excluding steroid dienone is 1. The van der Waals surface area contributed by atoms with Crippen molar-refractivity contribution in [3.05, 3.63) is 29.3 Å². The molecular formula is C14H18N2O2S. The molecule has 1 aromatic rings. The van der Waals surface area contributed by atoms with Gasteiger partial charge in [0.2, 0.25) is 0 Å². The van der Waals surface area contributed by atoms with Crippen molar-refractivity contribution in [3.63, 3.8) is 0 Å².